The topological polar surface area (TPSA) is 18.5 Å². The first-order valence-electron chi connectivity index (χ1n) is 7.99. The lowest BCUT2D eigenvalue weighted by atomic mass is 10.1. The van der Waals surface area contributed by atoms with Crippen LogP contribution in [-0.2, 0) is 9.47 Å². The number of ether oxygens (including phenoxy) is 2. The van der Waals surface area contributed by atoms with E-state index in [1.807, 2.05) is 74.5 Å². The van der Waals surface area contributed by atoms with Crippen LogP contribution < -0.4 is 0 Å². The Labute approximate surface area is 139 Å². The molecule has 0 amide bonds. The maximum atomic E-state index is 5.79. The molecule has 0 fully saturated rings. The van der Waals surface area contributed by atoms with Crippen molar-refractivity contribution >= 4 is 5.76 Å². The van der Waals surface area contributed by atoms with Crippen molar-refractivity contribution in [1.29, 1.82) is 0 Å². The molecule has 2 nitrogen and oxygen atoms in total. The Morgan fingerprint density at radius 2 is 1.61 bits per heavy atom. The molecule has 23 heavy (non-hydrogen) atoms. The van der Waals surface area contributed by atoms with Crippen LogP contribution in [-0.4, -0.2) is 13.2 Å². The minimum Gasteiger partial charge on any atom is -0.406 e. The van der Waals surface area contributed by atoms with Gasteiger partial charge in [0.05, 0.1) is 12.2 Å². The molecule has 0 heterocycles. The molecule has 0 saturated heterocycles. The summed E-state index contributed by atoms with van der Waals surface area (Å²) in [4.78, 5) is 0. The van der Waals surface area contributed by atoms with Crippen molar-refractivity contribution in [3.05, 3.63) is 90.0 Å². The Morgan fingerprint density at radius 1 is 0.957 bits per heavy atom. The Hall–Kier alpha value is -2.41. The van der Waals surface area contributed by atoms with E-state index in [1.54, 1.807) is 0 Å². The van der Waals surface area contributed by atoms with Crippen molar-refractivity contribution in [3.63, 3.8) is 0 Å². The predicted octanol–water partition coefficient (Wildman–Crippen LogP) is 5.20. The standard InChI is InChI=1S/C21H23O2/c1-3-22-20(18-12-7-5-8-13-18)16-11-17-21(23-4-2)19-14-9-6-10-15-19/h5-10,12-17,20H,3-4H2,1-2H3/q+1/b21-17-. The minimum atomic E-state index is -0.101. The Balaban J connectivity index is 2.17. The molecule has 2 aromatic carbocycles. The first-order valence-corrected chi connectivity index (χ1v) is 7.99. The van der Waals surface area contributed by atoms with E-state index in [0.29, 0.717) is 13.2 Å². The van der Waals surface area contributed by atoms with Gasteiger partial charge in [-0.2, -0.15) is 0 Å². The van der Waals surface area contributed by atoms with Crippen LogP contribution in [0.2, 0.25) is 0 Å². The molecule has 0 aliphatic carbocycles. The third-order valence-corrected chi connectivity index (χ3v) is 3.29. The first kappa shape index (κ1) is 17.0. The fourth-order valence-corrected chi connectivity index (χ4v) is 2.24. The quantitative estimate of drug-likeness (QED) is 0.379. The number of allylic oxidation sites excluding steroid dienone is 2. The summed E-state index contributed by atoms with van der Waals surface area (Å²) in [5.41, 5.74) is 2.16. The zero-order chi connectivity index (χ0) is 16.3. The molecule has 0 aliphatic rings. The van der Waals surface area contributed by atoms with Crippen LogP contribution in [0.15, 0.2) is 72.8 Å². The van der Waals surface area contributed by atoms with E-state index in [-0.39, 0.29) is 6.10 Å². The van der Waals surface area contributed by atoms with Gasteiger partial charge >= 0.3 is 0 Å². The van der Waals surface area contributed by atoms with E-state index in [1.165, 1.54) is 0 Å². The predicted molar refractivity (Wildman–Crippen MR) is 94.7 cm³/mol. The molecule has 1 unspecified atom stereocenters. The lowest BCUT2D eigenvalue weighted by Gasteiger charge is -2.10. The molecule has 0 saturated carbocycles. The van der Waals surface area contributed by atoms with Crippen LogP contribution in [0.4, 0.5) is 0 Å². The third kappa shape index (κ3) is 5.37. The molecular weight excluding hydrogens is 284 g/mol. The summed E-state index contributed by atoms with van der Waals surface area (Å²) < 4.78 is 11.5. The van der Waals surface area contributed by atoms with Gasteiger partial charge in [-0.25, -0.2) is 0 Å². The summed E-state index contributed by atoms with van der Waals surface area (Å²) in [5, 5.41) is 0. The number of rotatable bonds is 8. The minimum absolute atomic E-state index is 0.101. The first-order chi connectivity index (χ1) is 11.3. The van der Waals surface area contributed by atoms with Gasteiger partial charge in [0.1, 0.15) is 18.3 Å². The van der Waals surface area contributed by atoms with Crippen LogP contribution in [0.25, 0.3) is 5.76 Å². The van der Waals surface area contributed by atoms with Crippen LogP contribution in [0.5, 0.6) is 0 Å². The van der Waals surface area contributed by atoms with Gasteiger partial charge in [-0.05, 0) is 31.5 Å². The number of benzene rings is 2. The summed E-state index contributed by atoms with van der Waals surface area (Å²) >= 11 is 0. The molecule has 0 radical (unpaired) electrons. The maximum absolute atomic E-state index is 5.79. The summed E-state index contributed by atoms with van der Waals surface area (Å²) in [6, 6.07) is 20.2. The maximum Gasteiger partial charge on any atom is 0.271 e. The summed E-state index contributed by atoms with van der Waals surface area (Å²) in [6.07, 6.45) is 6.91. The number of hydrogen-bond donors (Lipinski definition) is 0. The molecule has 118 valence electrons. The molecule has 0 spiro atoms. The van der Waals surface area contributed by atoms with Crippen molar-refractivity contribution in [2.75, 3.05) is 13.2 Å². The zero-order valence-corrected chi connectivity index (χ0v) is 13.7. The monoisotopic (exact) mass is 307 g/mol. The van der Waals surface area contributed by atoms with Crippen LogP contribution >= 0.6 is 0 Å². The van der Waals surface area contributed by atoms with Crippen LogP contribution in [0.1, 0.15) is 31.1 Å². The molecule has 0 aromatic heterocycles. The van der Waals surface area contributed by atoms with Gasteiger partial charge in [0.25, 0.3) is 5.76 Å². The van der Waals surface area contributed by atoms with Crippen molar-refractivity contribution in [2.45, 2.75) is 20.0 Å². The lowest BCUT2D eigenvalue weighted by molar-refractivity contribution is 0.0965. The third-order valence-electron chi connectivity index (χ3n) is 3.29. The van der Waals surface area contributed by atoms with E-state index in [0.717, 1.165) is 16.9 Å². The average molecular weight is 307 g/mol. The Bertz CT molecular complexity index is 615. The van der Waals surface area contributed by atoms with E-state index in [4.69, 9.17) is 9.47 Å². The van der Waals surface area contributed by atoms with E-state index in [9.17, 15) is 0 Å². The van der Waals surface area contributed by atoms with Gasteiger partial charge in [0.2, 0.25) is 6.08 Å². The van der Waals surface area contributed by atoms with Gasteiger partial charge in [-0.3, -0.25) is 0 Å². The second-order valence-electron chi connectivity index (χ2n) is 4.93. The van der Waals surface area contributed by atoms with E-state index < -0.39 is 0 Å². The summed E-state index contributed by atoms with van der Waals surface area (Å²) in [7, 11) is 0. The highest BCUT2D eigenvalue weighted by molar-refractivity contribution is 5.60. The Morgan fingerprint density at radius 3 is 2.22 bits per heavy atom. The zero-order valence-electron chi connectivity index (χ0n) is 13.7. The fraction of sp³-hybridized carbons (Fsp3) is 0.238. The molecule has 0 N–H and O–H groups in total. The summed E-state index contributed by atoms with van der Waals surface area (Å²) in [6.45, 7) is 5.25. The molecule has 2 heteroatoms. The van der Waals surface area contributed by atoms with Crippen molar-refractivity contribution in [1.82, 2.24) is 0 Å². The highest BCUT2D eigenvalue weighted by atomic mass is 16.5. The highest BCUT2D eigenvalue weighted by Crippen LogP contribution is 2.20. The molecule has 2 aromatic rings. The van der Waals surface area contributed by atoms with Gasteiger partial charge in [-0.1, -0.05) is 48.5 Å². The lowest BCUT2D eigenvalue weighted by Crippen LogP contribution is -2.00. The molecule has 0 aliphatic heterocycles. The average Bonchev–Trinajstić information content (AvgIpc) is 2.61. The van der Waals surface area contributed by atoms with Gasteiger partial charge in [0.15, 0.2) is 0 Å². The highest BCUT2D eigenvalue weighted by Gasteiger charge is 2.12. The molecule has 1 atom stereocenters. The van der Waals surface area contributed by atoms with Crippen molar-refractivity contribution in [3.8, 4) is 0 Å². The second kappa shape index (κ2) is 9.58. The Kier molecular flexibility index (Phi) is 7.06. The summed E-state index contributed by atoms with van der Waals surface area (Å²) in [5.74, 6) is 0.813. The van der Waals surface area contributed by atoms with Crippen LogP contribution in [0, 0.1) is 6.08 Å². The van der Waals surface area contributed by atoms with Gasteiger partial charge in [-0.15, -0.1) is 0 Å². The normalized spacial score (nSPS) is 12.9. The fourth-order valence-electron chi connectivity index (χ4n) is 2.24. The molecular formula is C21H23O2+. The van der Waals surface area contributed by atoms with Gasteiger partial charge < -0.3 is 9.47 Å². The van der Waals surface area contributed by atoms with Crippen molar-refractivity contribution < 1.29 is 9.47 Å². The van der Waals surface area contributed by atoms with E-state index in [2.05, 4.69) is 18.2 Å². The smallest absolute Gasteiger partial charge is 0.271 e. The largest absolute Gasteiger partial charge is 0.406 e. The van der Waals surface area contributed by atoms with Crippen LogP contribution in [0.3, 0.4) is 0 Å². The SMILES string of the molecule is CCO/C(=C\[C+]=CC(OCC)c1ccccc1)c1ccccc1. The number of hydrogen-bond acceptors (Lipinski definition) is 2. The van der Waals surface area contributed by atoms with E-state index >= 15 is 0 Å². The molecule has 0 bridgehead atoms. The molecule has 2 rings (SSSR count). The van der Waals surface area contributed by atoms with Gasteiger partial charge in [0, 0.05) is 6.61 Å². The second-order valence-corrected chi connectivity index (χ2v) is 4.93. The van der Waals surface area contributed by atoms with Crippen molar-refractivity contribution in [2.24, 2.45) is 0 Å².